The highest BCUT2D eigenvalue weighted by Gasteiger charge is 2.48. The minimum atomic E-state index is -1.74. The Labute approximate surface area is 742 Å². The molecule has 0 saturated carbocycles. The number of ketones is 4. The van der Waals surface area contributed by atoms with Crippen LogP contribution in [0.5, 0.6) is 0 Å². The molecule has 6 amide bonds. The van der Waals surface area contributed by atoms with E-state index in [0.717, 1.165) is 25.7 Å². The molecular formula is C80H144N10O38. The van der Waals surface area contributed by atoms with E-state index in [1.165, 1.54) is 30.6 Å². The van der Waals surface area contributed by atoms with Crippen molar-refractivity contribution >= 4 is 58.6 Å². The number of unbranched alkanes of at least 4 members (excludes halogenated alkanes) is 6. The van der Waals surface area contributed by atoms with Crippen molar-refractivity contribution < 1.29 is 187 Å². The average Bonchev–Trinajstić information content (AvgIpc) is 0.819. The Morgan fingerprint density at radius 1 is 0.352 bits per heavy atom. The summed E-state index contributed by atoms with van der Waals surface area (Å²) in [5.74, 6) is -3.61. The summed E-state index contributed by atoms with van der Waals surface area (Å²) in [5.41, 5.74) is 10.8. The monoisotopic (exact) mass is 1850 g/mol. The molecule has 742 valence electrons. The third-order valence-electron chi connectivity index (χ3n) is 21.8. The SMILES string of the molecule is CC(=O)[C@H](CCCCN)NNC(=O)CCCCC(=O)NCCCC[C@@H](C(=O)NCCOC1O[C@H](CO)[C@@H](O)[C@H](O)[C@@H]1O)N(CC(=O)NCCOC1O[C@H](CO)[C@@H](O)[C@H](O)[C@@H]1O)CC(=O)NCCOC1O[C@H](CO)[C@@H](O)[C@H](O)[C@@H]1O.CCNC(=O)CCCCCCC(=O)CN(CC(=O)CCCO[C@@H]1O[C@@H](C)[C@@H](O)[C@@H](O)[C@@H]1O)CC(=O)CCCO[C@@H]1O[C@@H](C)[C@@H](O)[C@@H](O)[C@@H]1O. The van der Waals surface area contributed by atoms with Gasteiger partial charge >= 0.3 is 0 Å². The van der Waals surface area contributed by atoms with E-state index in [0.29, 0.717) is 58.0 Å². The van der Waals surface area contributed by atoms with Gasteiger partial charge in [-0.25, -0.2) is 5.43 Å². The van der Waals surface area contributed by atoms with E-state index in [1.807, 2.05) is 6.92 Å². The van der Waals surface area contributed by atoms with Crippen LogP contribution in [0.25, 0.3) is 0 Å². The molecule has 0 radical (unpaired) electrons. The van der Waals surface area contributed by atoms with Gasteiger partial charge < -0.3 is 172 Å². The lowest BCUT2D eigenvalue weighted by Gasteiger charge is -2.39. The molecule has 5 rings (SSSR count). The number of amides is 6. The molecule has 3 unspecified atom stereocenters. The summed E-state index contributed by atoms with van der Waals surface area (Å²) in [6.45, 7) is 2.02. The van der Waals surface area contributed by atoms with Crippen LogP contribution in [0, 0.1) is 0 Å². The Morgan fingerprint density at radius 2 is 0.695 bits per heavy atom. The minimum absolute atomic E-state index is 0.00275. The number of carbonyl (C=O) groups excluding carboxylic acids is 10. The summed E-state index contributed by atoms with van der Waals surface area (Å²) in [5, 5.41) is 193. The van der Waals surface area contributed by atoms with Gasteiger partial charge in [-0.1, -0.05) is 19.3 Å². The lowest BCUT2D eigenvalue weighted by molar-refractivity contribution is -0.300. The number of hydrogen-bond acceptors (Lipinski definition) is 42. The van der Waals surface area contributed by atoms with Crippen molar-refractivity contribution in [1.82, 2.24) is 47.2 Å². The number of aliphatic hydroxyl groups is 18. The van der Waals surface area contributed by atoms with Gasteiger partial charge in [0.2, 0.25) is 35.4 Å². The molecule has 27 atom stereocenters. The molecular weight excluding hydrogens is 1710 g/mol. The van der Waals surface area contributed by atoms with E-state index in [-0.39, 0.29) is 177 Å². The highest BCUT2D eigenvalue weighted by Crippen LogP contribution is 2.28. The van der Waals surface area contributed by atoms with Gasteiger partial charge in [-0.3, -0.25) is 63.2 Å². The van der Waals surface area contributed by atoms with Crippen LogP contribution in [0.2, 0.25) is 0 Å². The topological polar surface area (TPSA) is 744 Å². The van der Waals surface area contributed by atoms with Gasteiger partial charge in [0, 0.05) is 71.2 Å². The molecule has 0 spiro atoms. The number of nitrogens with two attached hydrogens (primary N) is 1. The van der Waals surface area contributed by atoms with Gasteiger partial charge in [-0.2, -0.15) is 0 Å². The van der Waals surface area contributed by atoms with Crippen LogP contribution in [0.1, 0.15) is 156 Å². The van der Waals surface area contributed by atoms with Crippen LogP contribution in [-0.2, 0) is 95.3 Å². The Morgan fingerprint density at radius 3 is 1.09 bits per heavy atom. The normalized spacial score (nSPS) is 30.0. The van der Waals surface area contributed by atoms with Gasteiger partial charge in [0.1, 0.15) is 133 Å². The molecule has 27 N–H and O–H groups in total. The van der Waals surface area contributed by atoms with Gasteiger partial charge in [0.05, 0.1) is 110 Å². The van der Waals surface area contributed by atoms with E-state index in [9.17, 15) is 140 Å². The van der Waals surface area contributed by atoms with E-state index >= 15 is 0 Å². The Kier molecular flexibility index (Phi) is 56.1. The molecule has 0 aromatic heterocycles. The number of hydrazine groups is 1. The second-order valence-corrected chi connectivity index (χ2v) is 32.2. The smallest absolute Gasteiger partial charge is 0.237 e. The molecule has 0 aromatic rings. The molecule has 128 heavy (non-hydrogen) atoms. The van der Waals surface area contributed by atoms with E-state index in [4.69, 9.17) is 53.1 Å². The predicted octanol–water partition coefficient (Wildman–Crippen LogP) is -11.3. The zero-order valence-corrected chi connectivity index (χ0v) is 73.4. The number of carbonyl (C=O) groups is 10. The fourth-order valence-electron chi connectivity index (χ4n) is 14.1. The Bertz CT molecular complexity index is 3110. The summed E-state index contributed by atoms with van der Waals surface area (Å²) < 4.78 is 54.2. The number of Topliss-reactive ketones (excluding diaryl/α,β-unsaturated/α-hetero) is 4. The molecule has 5 fully saturated rings. The first-order valence-electron chi connectivity index (χ1n) is 43.9. The lowest BCUT2D eigenvalue weighted by Crippen LogP contribution is -2.59. The maximum absolute atomic E-state index is 14.1. The first-order chi connectivity index (χ1) is 60.9. The van der Waals surface area contributed by atoms with Crippen molar-refractivity contribution in [3.05, 3.63) is 0 Å². The molecule has 0 aromatic carbocycles. The second-order valence-electron chi connectivity index (χ2n) is 32.2. The highest BCUT2D eigenvalue weighted by atomic mass is 16.7. The number of ether oxygens (including phenoxy) is 10. The van der Waals surface area contributed by atoms with Crippen LogP contribution in [-0.4, -0.2) is 451 Å². The molecule has 0 bridgehead atoms. The average molecular weight is 1850 g/mol. The summed E-state index contributed by atoms with van der Waals surface area (Å²) >= 11 is 0. The maximum atomic E-state index is 14.1. The van der Waals surface area contributed by atoms with Crippen LogP contribution >= 0.6 is 0 Å². The zero-order valence-electron chi connectivity index (χ0n) is 73.4. The number of rotatable bonds is 62. The van der Waals surface area contributed by atoms with Crippen molar-refractivity contribution in [1.29, 1.82) is 0 Å². The van der Waals surface area contributed by atoms with Crippen LogP contribution < -0.4 is 43.2 Å². The predicted molar refractivity (Wildman–Crippen MR) is 440 cm³/mol. The lowest BCUT2D eigenvalue weighted by atomic mass is 9.99. The van der Waals surface area contributed by atoms with Crippen molar-refractivity contribution in [3.8, 4) is 0 Å². The summed E-state index contributed by atoms with van der Waals surface area (Å²) in [6, 6.07) is -1.82. The largest absolute Gasteiger partial charge is 0.394 e. The summed E-state index contributed by atoms with van der Waals surface area (Å²) in [7, 11) is 0. The van der Waals surface area contributed by atoms with Crippen LogP contribution in [0.15, 0.2) is 0 Å². The van der Waals surface area contributed by atoms with Gasteiger partial charge in [-0.05, 0) is 105 Å². The standard InChI is InChI=1S/C47H86N8O24.C33H58N2O14/c1-25(59)26(8-4-6-12-48)53-54-32(61)11-3-2-10-31(60)49-13-7-5-9-27(44(73)52-16-19-76-47-43(72)40(69)37(66)30(24-58)79-47)55(20-33(62)50-14-17-74-45-41(70)38(67)35(64)28(22-56)77-45)21-34(63)51-15-18-75-46-42(71)39(68)36(65)29(23-57)78-46;1-4-34-25(39)14-8-6-5-7-11-22(36)17-35(18-23(37)12-9-15-46-32-30(44)28(42)26(40)20(2)48-32)19-24(38)13-10-16-47-33-31(45)29(43)27(41)21(3)49-33/h26-30,35-43,45-47,53,56-58,64-72H,2-24,48H2,1H3,(H,49,60)(H,50,62)(H,51,63)(H,52,73)(H,54,61);20-21,26-33,40-45H,4-19H2,1-3H3,(H,34,39)/t26-,27-,28+,29+,30+,35+,36+,37+,38-,39-,40-,41-,42-,43-,45?,46?,47?;20-,21-,26+,27+,28+,29+,30-,31-,32+,33+/m00/s1. The zero-order chi connectivity index (χ0) is 95.1. The van der Waals surface area contributed by atoms with E-state index in [2.05, 4.69) is 37.4 Å². The second kappa shape index (κ2) is 62.7. The molecule has 5 aliphatic rings. The van der Waals surface area contributed by atoms with Gasteiger partial charge in [0.25, 0.3) is 0 Å². The fourth-order valence-corrected chi connectivity index (χ4v) is 14.1. The van der Waals surface area contributed by atoms with Crippen LogP contribution in [0.4, 0.5) is 0 Å². The molecule has 48 nitrogen and oxygen atoms in total. The Hall–Kier alpha value is -5.78. The number of aliphatic hydroxyl groups excluding tert-OH is 18. The van der Waals surface area contributed by atoms with Gasteiger partial charge in [0.15, 0.2) is 31.5 Å². The summed E-state index contributed by atoms with van der Waals surface area (Å²) in [4.78, 5) is 131. The van der Waals surface area contributed by atoms with Crippen LogP contribution in [0.3, 0.4) is 0 Å². The third-order valence-corrected chi connectivity index (χ3v) is 21.8. The highest BCUT2D eigenvalue weighted by molar-refractivity contribution is 5.87. The van der Waals surface area contributed by atoms with Crippen molar-refractivity contribution in [2.24, 2.45) is 5.73 Å². The first-order valence-corrected chi connectivity index (χ1v) is 43.9. The van der Waals surface area contributed by atoms with Crippen molar-refractivity contribution in [3.63, 3.8) is 0 Å². The Balaban J connectivity index is 0.000000599. The molecule has 0 aliphatic carbocycles. The molecule has 5 aliphatic heterocycles. The van der Waals surface area contributed by atoms with E-state index < -0.39 is 216 Å². The van der Waals surface area contributed by atoms with Gasteiger partial charge in [-0.15, -0.1) is 0 Å². The third kappa shape index (κ3) is 41.0. The molecule has 5 heterocycles. The summed E-state index contributed by atoms with van der Waals surface area (Å²) in [6.07, 6.45) is -28.2. The molecule has 48 heteroatoms. The molecule has 5 saturated heterocycles. The number of hydrogen-bond donors (Lipinski definition) is 26. The quantitative estimate of drug-likeness (QED) is 0.0199. The maximum Gasteiger partial charge on any atom is 0.237 e. The minimum Gasteiger partial charge on any atom is -0.394 e. The van der Waals surface area contributed by atoms with Crippen molar-refractivity contribution in [2.45, 2.75) is 322 Å². The fraction of sp³-hybridized carbons (Fsp3) is 0.875. The number of nitrogens with one attached hydrogen (secondary N) is 7. The first kappa shape index (κ1) is 115. The van der Waals surface area contributed by atoms with E-state index in [1.54, 1.807) is 0 Å². The van der Waals surface area contributed by atoms with Crippen molar-refractivity contribution in [2.75, 3.05) is 125 Å². The number of nitrogens with zero attached hydrogens (tertiary/aromatic N) is 2.